The van der Waals surface area contributed by atoms with Crippen LogP contribution in [0.4, 0.5) is 5.69 Å². The molecule has 0 fully saturated rings. The molecular weight excluding hydrogens is 378 g/mol. The molecule has 0 unspecified atom stereocenters. The van der Waals surface area contributed by atoms with Gasteiger partial charge >= 0.3 is 5.97 Å². The number of nitrogens with zero attached hydrogens (tertiary/aromatic N) is 2. The van der Waals surface area contributed by atoms with Gasteiger partial charge in [0.2, 0.25) is 0 Å². The molecule has 138 valence electrons. The molecule has 28 heavy (non-hydrogen) atoms. The van der Waals surface area contributed by atoms with E-state index in [1.807, 2.05) is 6.07 Å². The minimum Gasteiger partial charge on any atom is -0.423 e. The summed E-state index contributed by atoms with van der Waals surface area (Å²) in [5.74, 6) is -0.787. The number of hydrogen-bond acceptors (Lipinski definition) is 6. The van der Waals surface area contributed by atoms with Crippen LogP contribution in [-0.4, -0.2) is 21.3 Å². The highest BCUT2D eigenvalue weighted by molar-refractivity contribution is 7.15. The van der Waals surface area contributed by atoms with Crippen LogP contribution in [0.5, 0.6) is 5.75 Å². The van der Waals surface area contributed by atoms with Crippen molar-refractivity contribution in [3.8, 4) is 5.75 Å². The number of nitrogens with one attached hydrogen (secondary N) is 1. The number of thiazole rings is 1. The van der Waals surface area contributed by atoms with Gasteiger partial charge in [-0.3, -0.25) is 14.0 Å². The zero-order valence-corrected chi connectivity index (χ0v) is 15.2. The van der Waals surface area contributed by atoms with Gasteiger partial charge < -0.3 is 10.1 Å². The third-order valence-electron chi connectivity index (χ3n) is 3.92. The van der Waals surface area contributed by atoms with Gasteiger partial charge in [-0.25, -0.2) is 9.78 Å². The molecule has 0 bridgehead atoms. The van der Waals surface area contributed by atoms with Crippen LogP contribution in [0.15, 0.2) is 77.2 Å². The number of rotatable bonds is 4. The van der Waals surface area contributed by atoms with E-state index in [0.29, 0.717) is 16.2 Å². The standard InChI is InChI=1S/C20H13N3O4S/c24-17(13-4-2-1-3-5-13)22-14-6-8-15(9-7-14)27-19(26)16-12-21-20-23(18(16)25)10-11-28-20/h1-12H,(H,22,24). The third-order valence-corrected chi connectivity index (χ3v) is 4.69. The summed E-state index contributed by atoms with van der Waals surface area (Å²) in [6.45, 7) is 0. The van der Waals surface area contributed by atoms with Gasteiger partial charge in [0, 0.05) is 22.8 Å². The van der Waals surface area contributed by atoms with Crippen LogP contribution < -0.4 is 15.6 Å². The van der Waals surface area contributed by atoms with Gasteiger partial charge in [-0.2, -0.15) is 0 Å². The zero-order chi connectivity index (χ0) is 19.5. The van der Waals surface area contributed by atoms with Crippen LogP contribution in [0.2, 0.25) is 0 Å². The molecular formula is C20H13N3O4S. The molecule has 0 aliphatic heterocycles. The highest BCUT2D eigenvalue weighted by atomic mass is 32.1. The molecule has 1 amide bonds. The van der Waals surface area contributed by atoms with Crippen molar-refractivity contribution in [2.24, 2.45) is 0 Å². The first kappa shape index (κ1) is 17.6. The number of anilines is 1. The summed E-state index contributed by atoms with van der Waals surface area (Å²) in [6, 6.07) is 15.1. The summed E-state index contributed by atoms with van der Waals surface area (Å²) >= 11 is 1.30. The predicted molar refractivity (Wildman–Crippen MR) is 105 cm³/mol. The second-order valence-corrected chi connectivity index (χ2v) is 6.64. The van der Waals surface area contributed by atoms with Crippen LogP contribution in [0, 0.1) is 0 Å². The highest BCUT2D eigenvalue weighted by Crippen LogP contribution is 2.17. The van der Waals surface area contributed by atoms with Crippen LogP contribution in [0.25, 0.3) is 4.96 Å². The number of ether oxygens (including phenoxy) is 1. The fourth-order valence-corrected chi connectivity index (χ4v) is 3.20. The first-order valence-electron chi connectivity index (χ1n) is 8.25. The van der Waals surface area contributed by atoms with Crippen LogP contribution in [0.1, 0.15) is 20.7 Å². The molecule has 0 aliphatic rings. The molecule has 0 spiro atoms. The Labute approximate surface area is 162 Å². The predicted octanol–water partition coefficient (Wildman–Crippen LogP) is 3.23. The van der Waals surface area contributed by atoms with E-state index in [0.717, 1.165) is 0 Å². The summed E-state index contributed by atoms with van der Waals surface area (Å²) in [5, 5.41) is 4.46. The first-order chi connectivity index (χ1) is 13.6. The second-order valence-electron chi connectivity index (χ2n) is 5.77. The van der Waals surface area contributed by atoms with Gasteiger partial charge in [0.05, 0.1) is 6.20 Å². The molecule has 0 radical (unpaired) electrons. The summed E-state index contributed by atoms with van der Waals surface area (Å²) in [7, 11) is 0. The normalized spacial score (nSPS) is 10.6. The number of benzene rings is 2. The number of hydrogen-bond donors (Lipinski definition) is 1. The Hall–Kier alpha value is -3.78. The second kappa shape index (κ2) is 7.45. The van der Waals surface area contributed by atoms with Gasteiger partial charge in [0.1, 0.15) is 11.3 Å². The SMILES string of the molecule is O=C(Nc1ccc(OC(=O)c2cnc3sccn3c2=O)cc1)c1ccccc1. The smallest absolute Gasteiger partial charge is 0.350 e. The molecule has 1 N–H and O–H groups in total. The summed E-state index contributed by atoms with van der Waals surface area (Å²) in [6.07, 6.45) is 2.77. The molecule has 0 aliphatic carbocycles. The van der Waals surface area contributed by atoms with E-state index in [2.05, 4.69) is 10.3 Å². The number of amides is 1. The Bertz CT molecular complexity index is 1210. The van der Waals surface area contributed by atoms with E-state index in [4.69, 9.17) is 4.74 Å². The Morgan fingerprint density at radius 2 is 1.79 bits per heavy atom. The molecule has 4 rings (SSSR count). The maximum Gasteiger partial charge on any atom is 0.350 e. The lowest BCUT2D eigenvalue weighted by atomic mass is 10.2. The maximum atomic E-state index is 12.3. The quantitative estimate of drug-likeness (QED) is 0.426. The highest BCUT2D eigenvalue weighted by Gasteiger charge is 2.16. The molecule has 0 saturated heterocycles. The van der Waals surface area contributed by atoms with Crippen LogP contribution in [-0.2, 0) is 0 Å². The van der Waals surface area contributed by atoms with E-state index in [-0.39, 0.29) is 17.2 Å². The van der Waals surface area contributed by atoms with Gasteiger partial charge in [-0.05, 0) is 36.4 Å². The minimum absolute atomic E-state index is 0.155. The summed E-state index contributed by atoms with van der Waals surface area (Å²) in [5.41, 5.74) is 0.449. The van der Waals surface area contributed by atoms with Gasteiger partial charge in [-0.1, -0.05) is 18.2 Å². The molecule has 0 atom stereocenters. The number of fused-ring (bicyclic) bond motifs is 1. The molecule has 8 heteroatoms. The van der Waals surface area contributed by atoms with Crippen molar-refractivity contribution < 1.29 is 14.3 Å². The van der Waals surface area contributed by atoms with Crippen LogP contribution in [0.3, 0.4) is 0 Å². The van der Waals surface area contributed by atoms with E-state index in [1.165, 1.54) is 34.1 Å². The van der Waals surface area contributed by atoms with E-state index < -0.39 is 11.5 Å². The van der Waals surface area contributed by atoms with Crippen molar-refractivity contribution in [3.05, 3.63) is 93.9 Å². The van der Waals surface area contributed by atoms with Gasteiger partial charge in [-0.15, -0.1) is 11.3 Å². The average molecular weight is 391 g/mol. The lowest BCUT2D eigenvalue weighted by Crippen LogP contribution is -2.24. The Morgan fingerprint density at radius 1 is 1.04 bits per heavy atom. The molecule has 7 nitrogen and oxygen atoms in total. The molecule has 2 aromatic heterocycles. The molecule has 0 saturated carbocycles. The fourth-order valence-electron chi connectivity index (χ4n) is 2.53. The Morgan fingerprint density at radius 3 is 2.54 bits per heavy atom. The minimum atomic E-state index is -0.792. The first-order valence-corrected chi connectivity index (χ1v) is 9.13. The average Bonchev–Trinajstić information content (AvgIpc) is 3.20. The topological polar surface area (TPSA) is 89.8 Å². The van der Waals surface area contributed by atoms with Crippen molar-refractivity contribution >= 4 is 33.9 Å². The zero-order valence-electron chi connectivity index (χ0n) is 14.4. The molecule has 4 aromatic rings. The summed E-state index contributed by atoms with van der Waals surface area (Å²) < 4.78 is 6.54. The molecule has 2 aromatic carbocycles. The van der Waals surface area contributed by atoms with Crippen molar-refractivity contribution in [1.29, 1.82) is 0 Å². The third kappa shape index (κ3) is 3.53. The van der Waals surface area contributed by atoms with Gasteiger partial charge in [0.25, 0.3) is 11.5 Å². The lowest BCUT2D eigenvalue weighted by Gasteiger charge is -2.07. The largest absolute Gasteiger partial charge is 0.423 e. The summed E-state index contributed by atoms with van der Waals surface area (Å²) in [4.78, 5) is 41.3. The van der Waals surface area contributed by atoms with Crippen molar-refractivity contribution in [3.63, 3.8) is 0 Å². The van der Waals surface area contributed by atoms with E-state index >= 15 is 0 Å². The van der Waals surface area contributed by atoms with Crippen molar-refractivity contribution in [2.45, 2.75) is 0 Å². The van der Waals surface area contributed by atoms with Crippen molar-refractivity contribution in [1.82, 2.24) is 9.38 Å². The Kier molecular flexibility index (Phi) is 4.69. The Balaban J connectivity index is 1.46. The van der Waals surface area contributed by atoms with E-state index in [1.54, 1.807) is 48.0 Å². The van der Waals surface area contributed by atoms with Crippen molar-refractivity contribution in [2.75, 3.05) is 5.32 Å². The van der Waals surface area contributed by atoms with Gasteiger partial charge in [0.15, 0.2) is 4.96 Å². The number of esters is 1. The molecule has 2 heterocycles. The monoisotopic (exact) mass is 391 g/mol. The number of carbonyl (C=O) groups is 2. The maximum absolute atomic E-state index is 12.3. The number of aromatic nitrogens is 2. The lowest BCUT2D eigenvalue weighted by molar-refractivity contribution is 0.0732. The van der Waals surface area contributed by atoms with E-state index in [9.17, 15) is 14.4 Å². The fraction of sp³-hybridized carbons (Fsp3) is 0. The van der Waals surface area contributed by atoms with Crippen LogP contribution >= 0.6 is 11.3 Å². The number of carbonyl (C=O) groups excluding carboxylic acids is 2.